The van der Waals surface area contributed by atoms with Crippen molar-refractivity contribution in [3.05, 3.63) is 35.4 Å². The van der Waals surface area contributed by atoms with Crippen molar-refractivity contribution in [2.45, 2.75) is 39.3 Å². The average Bonchev–Trinajstić information content (AvgIpc) is 2.43. The summed E-state index contributed by atoms with van der Waals surface area (Å²) >= 11 is 0. The molecule has 116 valence electrons. The normalized spacial score (nSPS) is 12.5. The van der Waals surface area contributed by atoms with Crippen molar-refractivity contribution in [3.8, 4) is 0 Å². The molecule has 0 radical (unpaired) electrons. The lowest BCUT2D eigenvalue weighted by Gasteiger charge is -2.25. The van der Waals surface area contributed by atoms with Gasteiger partial charge in [0.15, 0.2) is 0 Å². The molecule has 0 saturated heterocycles. The summed E-state index contributed by atoms with van der Waals surface area (Å²) in [6, 6.07) is 6.83. The first-order chi connectivity index (χ1) is 9.82. The Balaban J connectivity index is 2.63. The zero-order valence-corrected chi connectivity index (χ0v) is 13.1. The van der Waals surface area contributed by atoms with E-state index in [0.717, 1.165) is 5.56 Å². The van der Waals surface area contributed by atoms with Crippen LogP contribution >= 0.6 is 0 Å². The number of nitrogens with one attached hydrogen (secondary N) is 1. The summed E-state index contributed by atoms with van der Waals surface area (Å²) in [4.78, 5) is 25.0. The van der Waals surface area contributed by atoms with E-state index in [1.54, 1.807) is 12.1 Å². The Hall–Kier alpha value is -1.88. The number of carboxylic acid groups (broad SMARTS) is 1. The van der Waals surface area contributed by atoms with Crippen molar-refractivity contribution < 1.29 is 14.7 Å². The van der Waals surface area contributed by atoms with Gasteiger partial charge in [-0.2, -0.15) is 0 Å². The van der Waals surface area contributed by atoms with Crippen LogP contribution in [0.2, 0.25) is 0 Å². The first-order valence-electron chi connectivity index (χ1n) is 7.14. The van der Waals surface area contributed by atoms with Gasteiger partial charge in [0.1, 0.15) is 0 Å². The number of rotatable bonds is 7. The first kappa shape index (κ1) is 17.2. The fraction of sp³-hybridized carbons (Fsp3) is 0.500. The van der Waals surface area contributed by atoms with E-state index < -0.39 is 5.97 Å². The lowest BCUT2D eigenvalue weighted by Crippen LogP contribution is -2.46. The molecule has 5 nitrogen and oxygen atoms in total. The highest BCUT2D eigenvalue weighted by atomic mass is 16.4. The zero-order valence-electron chi connectivity index (χ0n) is 13.1. The number of aromatic carboxylic acids is 1. The molecular weight excluding hydrogens is 268 g/mol. The Kier molecular flexibility index (Phi) is 6.37. The van der Waals surface area contributed by atoms with Crippen LogP contribution in [0.4, 0.5) is 0 Å². The summed E-state index contributed by atoms with van der Waals surface area (Å²) in [5.74, 6) is -0.933. The zero-order chi connectivity index (χ0) is 16.0. The summed E-state index contributed by atoms with van der Waals surface area (Å²) in [6.45, 7) is 6.32. The molecular formula is C16H24N2O3. The van der Waals surface area contributed by atoms with E-state index in [-0.39, 0.29) is 18.0 Å². The maximum Gasteiger partial charge on any atom is 0.335 e. The van der Waals surface area contributed by atoms with Crippen molar-refractivity contribution in [2.75, 3.05) is 13.6 Å². The smallest absolute Gasteiger partial charge is 0.335 e. The first-order valence-corrected chi connectivity index (χ1v) is 7.14. The molecule has 1 rings (SSSR count). The Morgan fingerprint density at radius 2 is 1.86 bits per heavy atom. The molecule has 1 aromatic rings. The predicted octanol–water partition coefficient (Wildman–Crippen LogP) is 1.77. The van der Waals surface area contributed by atoms with E-state index in [0.29, 0.717) is 18.5 Å². The van der Waals surface area contributed by atoms with Crippen LogP contribution < -0.4 is 5.32 Å². The van der Waals surface area contributed by atoms with E-state index in [2.05, 4.69) is 5.32 Å². The van der Waals surface area contributed by atoms with E-state index in [4.69, 9.17) is 5.11 Å². The molecule has 0 fully saturated rings. The molecule has 0 spiro atoms. The van der Waals surface area contributed by atoms with Crippen LogP contribution in [-0.4, -0.2) is 47.6 Å². The highest BCUT2D eigenvalue weighted by Gasteiger charge is 2.19. The van der Waals surface area contributed by atoms with Gasteiger partial charge in [0.2, 0.25) is 5.91 Å². The number of carbonyl (C=O) groups excluding carboxylic acids is 1. The number of carboxylic acids is 1. The molecule has 0 bridgehead atoms. The second-order valence-electron chi connectivity index (χ2n) is 5.53. The SMILES string of the molecule is CC(C)NC(=O)C(C)N(C)CCc1ccccc1C(=O)O. The number of nitrogens with zero attached hydrogens (tertiary/aromatic N) is 1. The number of amides is 1. The minimum Gasteiger partial charge on any atom is -0.478 e. The summed E-state index contributed by atoms with van der Waals surface area (Å²) in [7, 11) is 1.87. The van der Waals surface area contributed by atoms with E-state index in [9.17, 15) is 9.59 Å². The minimum absolute atomic E-state index is 0.0148. The van der Waals surface area contributed by atoms with Crippen LogP contribution in [0.25, 0.3) is 0 Å². The lowest BCUT2D eigenvalue weighted by atomic mass is 10.0. The maximum absolute atomic E-state index is 11.9. The monoisotopic (exact) mass is 292 g/mol. The molecule has 2 N–H and O–H groups in total. The Morgan fingerprint density at radius 3 is 2.43 bits per heavy atom. The third kappa shape index (κ3) is 5.19. The van der Waals surface area contributed by atoms with Crippen LogP contribution in [0.5, 0.6) is 0 Å². The van der Waals surface area contributed by atoms with Crippen molar-refractivity contribution in [3.63, 3.8) is 0 Å². The number of hydrogen-bond acceptors (Lipinski definition) is 3. The lowest BCUT2D eigenvalue weighted by molar-refractivity contribution is -0.125. The summed E-state index contributed by atoms with van der Waals surface area (Å²) in [6.07, 6.45) is 0.596. The molecule has 0 aliphatic carbocycles. The van der Waals surface area contributed by atoms with Gasteiger partial charge >= 0.3 is 5.97 Å². The third-order valence-electron chi connectivity index (χ3n) is 3.45. The standard InChI is InChI=1S/C16H24N2O3/c1-11(2)17-15(19)12(3)18(4)10-9-13-7-5-6-8-14(13)16(20)21/h5-8,11-12H,9-10H2,1-4H3,(H,17,19)(H,20,21). The highest BCUT2D eigenvalue weighted by molar-refractivity contribution is 5.89. The van der Waals surface area contributed by atoms with Crippen molar-refractivity contribution in [2.24, 2.45) is 0 Å². The van der Waals surface area contributed by atoms with Gasteiger partial charge in [0.25, 0.3) is 0 Å². The van der Waals surface area contributed by atoms with E-state index in [1.807, 2.05) is 44.9 Å². The van der Waals surface area contributed by atoms with Gasteiger partial charge in [-0.15, -0.1) is 0 Å². The van der Waals surface area contributed by atoms with Gasteiger partial charge in [-0.25, -0.2) is 4.79 Å². The molecule has 1 unspecified atom stereocenters. The second kappa shape index (κ2) is 7.78. The second-order valence-corrected chi connectivity index (χ2v) is 5.53. The quantitative estimate of drug-likeness (QED) is 0.803. The largest absolute Gasteiger partial charge is 0.478 e. The summed E-state index contributed by atoms with van der Waals surface area (Å²) < 4.78 is 0. The Bertz CT molecular complexity index is 500. The fourth-order valence-electron chi connectivity index (χ4n) is 2.04. The summed E-state index contributed by atoms with van der Waals surface area (Å²) in [5, 5.41) is 12.0. The van der Waals surface area contributed by atoms with Gasteiger partial charge < -0.3 is 10.4 Å². The fourth-order valence-corrected chi connectivity index (χ4v) is 2.04. The van der Waals surface area contributed by atoms with Gasteiger partial charge in [-0.05, 0) is 45.9 Å². The molecule has 5 heteroatoms. The number of carbonyl (C=O) groups is 2. The third-order valence-corrected chi connectivity index (χ3v) is 3.45. The molecule has 1 aromatic carbocycles. The maximum atomic E-state index is 11.9. The molecule has 0 saturated carbocycles. The summed E-state index contributed by atoms with van der Waals surface area (Å²) in [5.41, 5.74) is 1.11. The van der Waals surface area contributed by atoms with Gasteiger partial charge in [-0.1, -0.05) is 18.2 Å². The molecule has 0 aromatic heterocycles. The molecule has 1 amide bonds. The van der Waals surface area contributed by atoms with Crippen molar-refractivity contribution in [1.29, 1.82) is 0 Å². The Labute approximate surface area is 126 Å². The molecule has 1 atom stereocenters. The number of benzene rings is 1. The molecule has 0 aliphatic rings. The predicted molar refractivity (Wildman–Crippen MR) is 82.5 cm³/mol. The Morgan fingerprint density at radius 1 is 1.24 bits per heavy atom. The van der Waals surface area contributed by atoms with Crippen LogP contribution in [0.3, 0.4) is 0 Å². The minimum atomic E-state index is -0.918. The van der Waals surface area contributed by atoms with Crippen LogP contribution in [0.1, 0.15) is 36.7 Å². The van der Waals surface area contributed by atoms with Gasteiger partial charge in [0, 0.05) is 12.6 Å². The van der Waals surface area contributed by atoms with Crippen LogP contribution in [0.15, 0.2) is 24.3 Å². The van der Waals surface area contributed by atoms with Gasteiger partial charge in [0.05, 0.1) is 11.6 Å². The van der Waals surface area contributed by atoms with Crippen molar-refractivity contribution >= 4 is 11.9 Å². The average molecular weight is 292 g/mol. The molecule has 21 heavy (non-hydrogen) atoms. The topological polar surface area (TPSA) is 69.6 Å². The van der Waals surface area contributed by atoms with Gasteiger partial charge in [-0.3, -0.25) is 9.69 Å². The number of hydrogen-bond donors (Lipinski definition) is 2. The number of likely N-dealkylation sites (N-methyl/N-ethyl adjacent to an activating group) is 1. The van der Waals surface area contributed by atoms with E-state index in [1.165, 1.54) is 0 Å². The molecule has 0 aliphatic heterocycles. The van der Waals surface area contributed by atoms with Crippen LogP contribution in [-0.2, 0) is 11.2 Å². The molecule has 0 heterocycles. The van der Waals surface area contributed by atoms with E-state index >= 15 is 0 Å². The van der Waals surface area contributed by atoms with Crippen molar-refractivity contribution in [1.82, 2.24) is 10.2 Å². The highest BCUT2D eigenvalue weighted by Crippen LogP contribution is 2.10. The van der Waals surface area contributed by atoms with Crippen LogP contribution in [0, 0.1) is 0 Å².